The van der Waals surface area contributed by atoms with E-state index in [1.807, 2.05) is 30.3 Å². The number of nitrogens with zero attached hydrogens (tertiary/aromatic N) is 1. The standard InChI is InChI=1S/C26H44N8O5/c1-16(2)21(28)24(37)34-20(15-17-9-4-3-5-10-17)23(36)32-18(11-6-7-13-27)22(35)33-19(25(38)39)12-8-14-31-26(29)30/h3-5,9-10,16,18-21H,6-8,11-15,27-28H2,1-2H3,(H,32,36)(H,33,35)(H,34,37)(H,38,39)(H4,29,30,31). The quantitative estimate of drug-likeness (QED) is 0.0632. The first kappa shape index (κ1) is 33.3. The van der Waals surface area contributed by atoms with Gasteiger partial charge >= 0.3 is 5.97 Å². The summed E-state index contributed by atoms with van der Waals surface area (Å²) in [6, 6.07) is 5.02. The van der Waals surface area contributed by atoms with Crippen molar-refractivity contribution < 1.29 is 24.3 Å². The van der Waals surface area contributed by atoms with Crippen LogP contribution in [0.25, 0.3) is 0 Å². The van der Waals surface area contributed by atoms with Crippen LogP contribution in [0.1, 0.15) is 51.5 Å². The number of carbonyl (C=O) groups excluding carboxylic acids is 3. The molecule has 13 heteroatoms. The Morgan fingerprint density at radius 3 is 1.97 bits per heavy atom. The zero-order chi connectivity index (χ0) is 29.4. The molecule has 0 bridgehead atoms. The maximum absolute atomic E-state index is 13.4. The number of hydrogen-bond donors (Lipinski definition) is 8. The average molecular weight is 549 g/mol. The molecule has 0 saturated carbocycles. The summed E-state index contributed by atoms with van der Waals surface area (Å²) in [5.41, 5.74) is 22.9. The van der Waals surface area contributed by atoms with Gasteiger partial charge in [-0.25, -0.2) is 4.79 Å². The highest BCUT2D eigenvalue weighted by Crippen LogP contribution is 2.09. The number of unbranched alkanes of at least 4 members (excludes halogenated alkanes) is 1. The van der Waals surface area contributed by atoms with Gasteiger partial charge < -0.3 is 44.0 Å². The maximum Gasteiger partial charge on any atom is 0.326 e. The van der Waals surface area contributed by atoms with Crippen molar-refractivity contribution in [3.05, 3.63) is 35.9 Å². The number of amides is 3. The van der Waals surface area contributed by atoms with E-state index in [1.165, 1.54) is 0 Å². The Balaban J connectivity index is 3.06. The molecule has 1 aromatic rings. The first-order valence-corrected chi connectivity index (χ1v) is 13.1. The minimum absolute atomic E-state index is 0.0844. The molecular formula is C26H44N8O5. The van der Waals surface area contributed by atoms with Crippen molar-refractivity contribution in [1.82, 2.24) is 16.0 Å². The third-order valence-electron chi connectivity index (χ3n) is 6.08. The first-order chi connectivity index (χ1) is 18.5. The second-order valence-corrected chi connectivity index (χ2v) is 9.71. The van der Waals surface area contributed by atoms with Crippen molar-refractivity contribution in [1.29, 1.82) is 0 Å². The highest BCUT2D eigenvalue weighted by molar-refractivity contribution is 5.94. The van der Waals surface area contributed by atoms with E-state index in [4.69, 9.17) is 22.9 Å². The number of benzene rings is 1. The van der Waals surface area contributed by atoms with Gasteiger partial charge in [0.1, 0.15) is 18.1 Å². The van der Waals surface area contributed by atoms with E-state index in [0.29, 0.717) is 25.8 Å². The van der Waals surface area contributed by atoms with Gasteiger partial charge in [-0.05, 0) is 50.1 Å². The molecule has 0 heterocycles. The van der Waals surface area contributed by atoms with Gasteiger partial charge in [0.2, 0.25) is 17.7 Å². The SMILES string of the molecule is CC(C)C(N)C(=O)NC(Cc1ccccc1)C(=O)NC(CCCCN)C(=O)NC(CCCN=C(N)N)C(=O)O. The minimum atomic E-state index is -1.23. The van der Waals surface area contributed by atoms with Crippen LogP contribution >= 0.6 is 0 Å². The van der Waals surface area contributed by atoms with Crippen molar-refractivity contribution in [2.75, 3.05) is 13.1 Å². The molecule has 0 aliphatic rings. The summed E-state index contributed by atoms with van der Waals surface area (Å²) in [6.45, 7) is 4.19. The lowest BCUT2D eigenvalue weighted by atomic mass is 10.0. The number of nitrogens with one attached hydrogen (secondary N) is 3. The zero-order valence-corrected chi connectivity index (χ0v) is 22.8. The molecule has 13 nitrogen and oxygen atoms in total. The summed E-state index contributed by atoms with van der Waals surface area (Å²) in [4.78, 5) is 54.8. The van der Waals surface area contributed by atoms with Gasteiger partial charge in [0.15, 0.2) is 5.96 Å². The van der Waals surface area contributed by atoms with Gasteiger partial charge in [0, 0.05) is 13.0 Å². The molecule has 39 heavy (non-hydrogen) atoms. The van der Waals surface area contributed by atoms with Crippen LogP contribution in [-0.2, 0) is 25.6 Å². The van der Waals surface area contributed by atoms with E-state index in [9.17, 15) is 24.3 Å². The van der Waals surface area contributed by atoms with Crippen LogP contribution < -0.4 is 38.9 Å². The summed E-state index contributed by atoms with van der Waals surface area (Å²) in [5, 5.41) is 17.5. The van der Waals surface area contributed by atoms with Crippen molar-refractivity contribution in [2.24, 2.45) is 33.8 Å². The lowest BCUT2D eigenvalue weighted by Gasteiger charge is -2.26. The van der Waals surface area contributed by atoms with Crippen LogP contribution in [0.5, 0.6) is 0 Å². The van der Waals surface area contributed by atoms with Gasteiger partial charge in [-0.2, -0.15) is 0 Å². The number of carbonyl (C=O) groups is 4. The smallest absolute Gasteiger partial charge is 0.326 e. The molecule has 3 amide bonds. The monoisotopic (exact) mass is 548 g/mol. The molecule has 0 aliphatic heterocycles. The number of aliphatic imine (C=N–C) groups is 1. The molecule has 0 fully saturated rings. The topological polar surface area (TPSA) is 241 Å². The van der Waals surface area contributed by atoms with Crippen LogP contribution in [0.2, 0.25) is 0 Å². The predicted octanol–water partition coefficient (Wildman–Crippen LogP) is -1.07. The fourth-order valence-electron chi connectivity index (χ4n) is 3.70. The Bertz CT molecular complexity index is 953. The van der Waals surface area contributed by atoms with E-state index in [2.05, 4.69) is 20.9 Å². The summed E-state index contributed by atoms with van der Waals surface area (Å²) in [7, 11) is 0. The summed E-state index contributed by atoms with van der Waals surface area (Å²) in [5.74, 6) is -3.22. The number of rotatable bonds is 18. The Morgan fingerprint density at radius 2 is 1.41 bits per heavy atom. The van der Waals surface area contributed by atoms with Crippen molar-refractivity contribution >= 4 is 29.7 Å². The lowest BCUT2D eigenvalue weighted by Crippen LogP contribution is -2.58. The molecule has 0 spiro atoms. The van der Waals surface area contributed by atoms with Crippen LogP contribution in [0.3, 0.4) is 0 Å². The van der Waals surface area contributed by atoms with E-state index in [1.54, 1.807) is 13.8 Å². The fourth-order valence-corrected chi connectivity index (χ4v) is 3.70. The molecule has 12 N–H and O–H groups in total. The molecular weight excluding hydrogens is 504 g/mol. The van der Waals surface area contributed by atoms with Gasteiger partial charge in [-0.3, -0.25) is 19.4 Å². The maximum atomic E-state index is 13.4. The second kappa shape index (κ2) is 17.7. The number of carboxylic acid groups (broad SMARTS) is 1. The Morgan fingerprint density at radius 1 is 0.846 bits per heavy atom. The number of guanidine groups is 1. The highest BCUT2D eigenvalue weighted by Gasteiger charge is 2.30. The van der Waals surface area contributed by atoms with Crippen LogP contribution in [-0.4, -0.2) is 72.0 Å². The molecule has 1 aromatic carbocycles. The molecule has 0 aliphatic carbocycles. The molecule has 1 rings (SSSR count). The average Bonchev–Trinajstić information content (AvgIpc) is 2.88. The van der Waals surface area contributed by atoms with E-state index >= 15 is 0 Å². The number of aliphatic carboxylic acids is 1. The van der Waals surface area contributed by atoms with Crippen molar-refractivity contribution in [3.8, 4) is 0 Å². The molecule has 4 atom stereocenters. The number of nitrogens with two attached hydrogens (primary N) is 4. The first-order valence-electron chi connectivity index (χ1n) is 13.1. The van der Waals surface area contributed by atoms with E-state index in [-0.39, 0.29) is 37.7 Å². The summed E-state index contributed by atoms with van der Waals surface area (Å²) in [6.07, 6.45) is 1.93. The molecule has 0 radical (unpaired) electrons. The highest BCUT2D eigenvalue weighted by atomic mass is 16.4. The van der Waals surface area contributed by atoms with Crippen molar-refractivity contribution in [3.63, 3.8) is 0 Å². The summed E-state index contributed by atoms with van der Waals surface area (Å²) >= 11 is 0. The zero-order valence-electron chi connectivity index (χ0n) is 22.8. The largest absolute Gasteiger partial charge is 0.480 e. The predicted molar refractivity (Wildman–Crippen MR) is 149 cm³/mol. The fraction of sp³-hybridized carbons (Fsp3) is 0.577. The van der Waals surface area contributed by atoms with Gasteiger partial charge in [0.05, 0.1) is 6.04 Å². The molecule has 218 valence electrons. The normalized spacial score (nSPS) is 14.0. The van der Waals surface area contributed by atoms with Crippen LogP contribution in [0, 0.1) is 5.92 Å². The summed E-state index contributed by atoms with van der Waals surface area (Å²) < 4.78 is 0. The van der Waals surface area contributed by atoms with Crippen molar-refractivity contribution in [2.45, 2.75) is 76.5 Å². The van der Waals surface area contributed by atoms with E-state index in [0.717, 1.165) is 5.56 Å². The van der Waals surface area contributed by atoms with Crippen LogP contribution in [0.15, 0.2) is 35.3 Å². The number of carboxylic acids is 1. The lowest BCUT2D eigenvalue weighted by molar-refractivity contribution is -0.142. The second-order valence-electron chi connectivity index (χ2n) is 9.71. The van der Waals surface area contributed by atoms with Crippen LogP contribution in [0.4, 0.5) is 0 Å². The Kier molecular flexibility index (Phi) is 15.2. The van der Waals surface area contributed by atoms with E-state index < -0.39 is 47.9 Å². The Labute approximate surface area is 229 Å². The van der Waals surface area contributed by atoms with Gasteiger partial charge in [-0.15, -0.1) is 0 Å². The third-order valence-corrected chi connectivity index (χ3v) is 6.08. The molecule has 0 saturated heterocycles. The number of hydrogen-bond acceptors (Lipinski definition) is 7. The van der Waals surface area contributed by atoms with Gasteiger partial charge in [0.25, 0.3) is 0 Å². The Hall–Kier alpha value is -3.71. The van der Waals surface area contributed by atoms with Gasteiger partial charge in [-0.1, -0.05) is 44.2 Å². The third kappa shape index (κ3) is 13.1. The molecule has 0 aromatic heterocycles. The minimum Gasteiger partial charge on any atom is -0.480 e. The molecule has 4 unspecified atom stereocenters.